The third kappa shape index (κ3) is 1.84. The maximum Gasteiger partial charge on any atom is 0.337 e. The van der Waals surface area contributed by atoms with Crippen molar-refractivity contribution in [2.24, 2.45) is 0 Å². The van der Waals surface area contributed by atoms with Gasteiger partial charge in [0.25, 0.3) is 0 Å². The Balaban J connectivity index is 2.71. The summed E-state index contributed by atoms with van der Waals surface area (Å²) in [7, 11) is 0. The Kier molecular flexibility index (Phi) is 2.34. The lowest BCUT2D eigenvalue weighted by molar-refractivity contribution is 0.0696. The Morgan fingerprint density at radius 3 is 2.59 bits per heavy atom. The van der Waals surface area contributed by atoms with Gasteiger partial charge in [0.15, 0.2) is 0 Å². The van der Waals surface area contributed by atoms with E-state index in [1.807, 2.05) is 20.8 Å². The predicted octanol–water partition coefficient (Wildman–Crippen LogP) is 1.91. The molecule has 5 nitrogen and oxygen atoms in total. The van der Waals surface area contributed by atoms with Gasteiger partial charge in [0.05, 0.1) is 11.3 Å². The quantitative estimate of drug-likeness (QED) is 0.788. The molecule has 0 aliphatic heterocycles. The molecule has 0 bridgehead atoms. The van der Waals surface area contributed by atoms with Crippen molar-refractivity contribution in [3.63, 3.8) is 0 Å². The number of nitrogens with two attached hydrogens (primary N) is 1. The third-order valence-corrected chi connectivity index (χ3v) is 2.61. The number of hydrogen-bond donors (Lipinski definition) is 2. The predicted molar refractivity (Wildman–Crippen MR) is 65.3 cm³/mol. The minimum atomic E-state index is -0.975. The summed E-state index contributed by atoms with van der Waals surface area (Å²) in [5.41, 5.74) is 7.47. The van der Waals surface area contributed by atoms with E-state index in [-0.39, 0.29) is 11.0 Å². The van der Waals surface area contributed by atoms with Crippen LogP contribution in [0.4, 0.5) is 5.82 Å². The first-order valence-electron chi connectivity index (χ1n) is 5.32. The number of aromatic nitrogens is 2. The number of carbonyl (C=O) groups is 1. The summed E-state index contributed by atoms with van der Waals surface area (Å²) in [6.07, 6.45) is 1.50. The normalized spacial score (nSPS) is 11.9. The van der Waals surface area contributed by atoms with Crippen molar-refractivity contribution in [3.8, 4) is 0 Å². The van der Waals surface area contributed by atoms with Crippen LogP contribution in [-0.4, -0.2) is 20.5 Å². The van der Waals surface area contributed by atoms with Gasteiger partial charge in [-0.3, -0.25) is 4.40 Å². The van der Waals surface area contributed by atoms with Crippen molar-refractivity contribution >= 4 is 17.4 Å². The molecule has 0 unspecified atom stereocenters. The molecular weight excluding hydrogens is 218 g/mol. The molecule has 2 heterocycles. The fourth-order valence-electron chi connectivity index (χ4n) is 1.74. The Labute approximate surface area is 98.9 Å². The maximum atomic E-state index is 10.9. The molecule has 0 amide bonds. The van der Waals surface area contributed by atoms with Crippen LogP contribution in [0.15, 0.2) is 18.3 Å². The lowest BCUT2D eigenvalue weighted by Crippen LogP contribution is -2.14. The number of anilines is 1. The number of nitrogen functional groups attached to an aromatic ring is 1. The molecule has 90 valence electrons. The number of carboxylic acid groups (broad SMARTS) is 1. The molecule has 17 heavy (non-hydrogen) atoms. The molecular formula is C12H15N3O2. The average Bonchev–Trinajstić information content (AvgIpc) is 2.55. The van der Waals surface area contributed by atoms with E-state index < -0.39 is 5.97 Å². The second-order valence-electron chi connectivity index (χ2n) is 5.05. The summed E-state index contributed by atoms with van der Waals surface area (Å²) >= 11 is 0. The Bertz CT molecular complexity index is 594. The first-order valence-corrected chi connectivity index (χ1v) is 5.32. The Morgan fingerprint density at radius 1 is 1.41 bits per heavy atom. The van der Waals surface area contributed by atoms with Crippen LogP contribution in [0.2, 0.25) is 0 Å². The molecule has 0 atom stereocenters. The smallest absolute Gasteiger partial charge is 0.337 e. The Hall–Kier alpha value is -2.04. The number of rotatable bonds is 1. The standard InChI is InChI=1S/C12H15N3O2/c1-12(2,3)9-10(13)15-6-7(11(16)17)4-5-8(15)14-9/h4-6H,13H2,1-3H3,(H,16,17). The average molecular weight is 233 g/mol. The molecule has 2 rings (SSSR count). The molecule has 0 saturated carbocycles. The van der Waals surface area contributed by atoms with Gasteiger partial charge in [0, 0.05) is 11.6 Å². The minimum Gasteiger partial charge on any atom is -0.478 e. The van der Waals surface area contributed by atoms with Gasteiger partial charge in [-0.2, -0.15) is 0 Å². The highest BCUT2D eigenvalue weighted by Gasteiger charge is 2.22. The van der Waals surface area contributed by atoms with Gasteiger partial charge in [0.1, 0.15) is 11.5 Å². The van der Waals surface area contributed by atoms with E-state index in [9.17, 15) is 4.79 Å². The van der Waals surface area contributed by atoms with E-state index in [1.54, 1.807) is 10.5 Å². The van der Waals surface area contributed by atoms with Crippen molar-refractivity contribution in [2.75, 3.05) is 5.73 Å². The first kappa shape index (κ1) is 11.4. The largest absolute Gasteiger partial charge is 0.478 e. The van der Waals surface area contributed by atoms with Gasteiger partial charge in [-0.05, 0) is 12.1 Å². The second kappa shape index (κ2) is 3.48. The van der Waals surface area contributed by atoms with E-state index in [2.05, 4.69) is 4.98 Å². The number of nitrogens with zero attached hydrogens (tertiary/aromatic N) is 2. The summed E-state index contributed by atoms with van der Waals surface area (Å²) in [4.78, 5) is 15.3. The molecule has 0 spiro atoms. The molecule has 3 N–H and O–H groups in total. The van der Waals surface area contributed by atoms with Crippen molar-refractivity contribution < 1.29 is 9.90 Å². The van der Waals surface area contributed by atoms with Crippen LogP contribution in [0.3, 0.4) is 0 Å². The summed E-state index contributed by atoms with van der Waals surface area (Å²) in [5, 5.41) is 8.93. The highest BCUT2D eigenvalue weighted by atomic mass is 16.4. The summed E-state index contributed by atoms with van der Waals surface area (Å²) in [6.45, 7) is 6.05. The molecule has 0 saturated heterocycles. The van der Waals surface area contributed by atoms with Crippen molar-refractivity contribution in [3.05, 3.63) is 29.6 Å². The molecule has 2 aromatic heterocycles. The van der Waals surface area contributed by atoms with Crippen LogP contribution < -0.4 is 5.73 Å². The van der Waals surface area contributed by atoms with Gasteiger partial charge in [0.2, 0.25) is 0 Å². The van der Waals surface area contributed by atoms with E-state index in [1.165, 1.54) is 12.3 Å². The number of fused-ring (bicyclic) bond motifs is 1. The van der Waals surface area contributed by atoms with Gasteiger partial charge < -0.3 is 10.8 Å². The zero-order chi connectivity index (χ0) is 12.8. The molecule has 0 aliphatic carbocycles. The number of hydrogen-bond acceptors (Lipinski definition) is 3. The van der Waals surface area contributed by atoms with E-state index in [0.717, 1.165) is 5.69 Å². The van der Waals surface area contributed by atoms with E-state index in [0.29, 0.717) is 11.5 Å². The number of aromatic carboxylic acids is 1. The molecule has 0 radical (unpaired) electrons. The van der Waals surface area contributed by atoms with Crippen LogP contribution in [0.25, 0.3) is 5.65 Å². The monoisotopic (exact) mass is 233 g/mol. The second-order valence-corrected chi connectivity index (χ2v) is 5.05. The van der Waals surface area contributed by atoms with Crippen LogP contribution in [0.5, 0.6) is 0 Å². The van der Waals surface area contributed by atoms with Crippen molar-refractivity contribution in [1.82, 2.24) is 9.38 Å². The van der Waals surface area contributed by atoms with Crippen LogP contribution in [0.1, 0.15) is 36.8 Å². The number of pyridine rings is 1. The van der Waals surface area contributed by atoms with Crippen molar-refractivity contribution in [1.29, 1.82) is 0 Å². The zero-order valence-electron chi connectivity index (χ0n) is 10.1. The molecule has 0 aliphatic rings. The molecule has 5 heteroatoms. The van der Waals surface area contributed by atoms with Crippen LogP contribution in [0, 0.1) is 0 Å². The maximum absolute atomic E-state index is 10.9. The Morgan fingerprint density at radius 2 is 2.06 bits per heavy atom. The SMILES string of the molecule is CC(C)(C)c1nc2ccc(C(=O)O)cn2c1N. The first-order chi connectivity index (χ1) is 7.80. The molecule has 0 fully saturated rings. The summed E-state index contributed by atoms with van der Waals surface area (Å²) in [6, 6.07) is 3.19. The van der Waals surface area contributed by atoms with Gasteiger partial charge in [-0.15, -0.1) is 0 Å². The number of imidazole rings is 1. The molecule has 0 aromatic carbocycles. The highest BCUT2D eigenvalue weighted by Crippen LogP contribution is 2.28. The summed E-state index contributed by atoms with van der Waals surface area (Å²) in [5.74, 6) is -0.479. The summed E-state index contributed by atoms with van der Waals surface area (Å²) < 4.78 is 1.62. The minimum absolute atomic E-state index is 0.167. The highest BCUT2D eigenvalue weighted by molar-refractivity contribution is 5.87. The number of carboxylic acids is 1. The van der Waals surface area contributed by atoms with Crippen molar-refractivity contribution in [2.45, 2.75) is 26.2 Å². The van der Waals surface area contributed by atoms with E-state index in [4.69, 9.17) is 10.8 Å². The third-order valence-electron chi connectivity index (χ3n) is 2.61. The van der Waals surface area contributed by atoms with Crippen LogP contribution in [-0.2, 0) is 5.41 Å². The fourth-order valence-corrected chi connectivity index (χ4v) is 1.74. The zero-order valence-corrected chi connectivity index (χ0v) is 10.1. The van der Waals surface area contributed by atoms with Gasteiger partial charge in [-0.1, -0.05) is 20.8 Å². The van der Waals surface area contributed by atoms with Gasteiger partial charge >= 0.3 is 5.97 Å². The lowest BCUT2D eigenvalue weighted by Gasteiger charge is -2.15. The fraction of sp³-hybridized carbons (Fsp3) is 0.333. The van der Waals surface area contributed by atoms with Gasteiger partial charge in [-0.25, -0.2) is 9.78 Å². The van der Waals surface area contributed by atoms with E-state index >= 15 is 0 Å². The van der Waals surface area contributed by atoms with Crippen LogP contribution >= 0.6 is 0 Å². The molecule has 2 aromatic rings. The lowest BCUT2D eigenvalue weighted by atomic mass is 9.92. The topological polar surface area (TPSA) is 80.6 Å².